The van der Waals surface area contributed by atoms with E-state index in [1.54, 1.807) is 7.11 Å². The Morgan fingerprint density at radius 1 is 1.42 bits per heavy atom. The Bertz CT molecular complexity index is 455. The third-order valence-corrected chi connectivity index (χ3v) is 4.50. The van der Waals surface area contributed by atoms with E-state index >= 15 is 0 Å². The summed E-state index contributed by atoms with van der Waals surface area (Å²) in [5.74, 6) is -1.26. The molecule has 0 saturated heterocycles. The molecule has 1 aromatic rings. The normalized spacial score (nSPS) is 19.0. The molecule has 1 fully saturated rings. The lowest BCUT2D eigenvalue weighted by Crippen LogP contribution is -2.42. The van der Waals surface area contributed by atoms with Crippen LogP contribution in [0.4, 0.5) is 8.78 Å². The molecule has 106 valence electrons. The summed E-state index contributed by atoms with van der Waals surface area (Å²) in [6, 6.07) is 2.52. The van der Waals surface area contributed by atoms with Gasteiger partial charge >= 0.3 is 0 Å². The fraction of sp³-hybridized carbons (Fsp3) is 0.571. The maximum Gasteiger partial charge on any atom is 0.143 e. The van der Waals surface area contributed by atoms with Crippen molar-refractivity contribution < 1.29 is 18.6 Å². The Morgan fingerprint density at radius 3 is 2.63 bits per heavy atom. The zero-order valence-electron chi connectivity index (χ0n) is 10.8. The molecule has 19 heavy (non-hydrogen) atoms. The molecule has 1 atom stereocenters. The van der Waals surface area contributed by atoms with E-state index in [4.69, 9.17) is 4.74 Å². The molecule has 2 rings (SSSR count). The predicted octanol–water partition coefficient (Wildman–Crippen LogP) is 3.59. The molecule has 2 nitrogen and oxygen atoms in total. The maximum absolute atomic E-state index is 13.8. The number of rotatable bonds is 5. The number of aliphatic hydroxyl groups excluding tert-OH is 1. The van der Waals surface area contributed by atoms with Gasteiger partial charge < -0.3 is 9.84 Å². The third-order valence-electron chi connectivity index (χ3n) is 3.88. The second-order valence-electron chi connectivity index (χ2n) is 5.12. The van der Waals surface area contributed by atoms with Crippen molar-refractivity contribution in [2.75, 3.05) is 7.11 Å². The van der Waals surface area contributed by atoms with Crippen molar-refractivity contribution >= 4 is 15.9 Å². The molecule has 0 radical (unpaired) electrons. The number of methoxy groups -OCH3 is 1. The van der Waals surface area contributed by atoms with Gasteiger partial charge in [0.15, 0.2) is 0 Å². The molecule has 0 aromatic heterocycles. The highest BCUT2D eigenvalue weighted by molar-refractivity contribution is 9.10. The Labute approximate surface area is 119 Å². The van der Waals surface area contributed by atoms with Crippen LogP contribution in [0.1, 0.15) is 31.2 Å². The molecule has 0 spiro atoms. The molecule has 1 aliphatic rings. The number of hydrogen-bond donors (Lipinski definition) is 1. The van der Waals surface area contributed by atoms with Gasteiger partial charge in [0.25, 0.3) is 0 Å². The molecule has 1 aromatic carbocycles. The highest BCUT2D eigenvalue weighted by atomic mass is 79.9. The Morgan fingerprint density at radius 2 is 2.11 bits per heavy atom. The molecule has 1 unspecified atom stereocenters. The van der Waals surface area contributed by atoms with Crippen LogP contribution in [0.5, 0.6) is 0 Å². The number of benzene rings is 1. The van der Waals surface area contributed by atoms with Gasteiger partial charge in [-0.2, -0.15) is 0 Å². The van der Waals surface area contributed by atoms with Gasteiger partial charge in [-0.15, -0.1) is 0 Å². The van der Waals surface area contributed by atoms with Crippen molar-refractivity contribution in [3.8, 4) is 0 Å². The average Bonchev–Trinajstić information content (AvgIpc) is 2.34. The van der Waals surface area contributed by atoms with E-state index in [9.17, 15) is 13.9 Å². The van der Waals surface area contributed by atoms with Crippen molar-refractivity contribution in [2.24, 2.45) is 0 Å². The molecular formula is C14H17BrF2O2. The summed E-state index contributed by atoms with van der Waals surface area (Å²) in [7, 11) is 1.62. The van der Waals surface area contributed by atoms with Gasteiger partial charge in [0.05, 0.1) is 16.2 Å². The first-order valence-corrected chi connectivity index (χ1v) is 7.12. The maximum atomic E-state index is 13.8. The standard InChI is InChI=1S/C14H17BrF2O2/c1-19-14(5-2-6-14)8-9(18)7-10-12(16)4-3-11(15)13(10)17/h3-4,9,18H,2,5-8H2,1H3. The van der Waals surface area contributed by atoms with Crippen LogP contribution in [0.3, 0.4) is 0 Å². The van der Waals surface area contributed by atoms with E-state index in [-0.39, 0.29) is 22.1 Å². The van der Waals surface area contributed by atoms with Gasteiger partial charge in [0.1, 0.15) is 11.6 Å². The van der Waals surface area contributed by atoms with Crippen molar-refractivity contribution in [1.29, 1.82) is 0 Å². The fourth-order valence-electron chi connectivity index (χ4n) is 2.56. The van der Waals surface area contributed by atoms with Crippen LogP contribution >= 0.6 is 15.9 Å². The number of ether oxygens (including phenoxy) is 1. The monoisotopic (exact) mass is 334 g/mol. The first-order chi connectivity index (χ1) is 8.97. The topological polar surface area (TPSA) is 29.5 Å². The first-order valence-electron chi connectivity index (χ1n) is 6.33. The summed E-state index contributed by atoms with van der Waals surface area (Å²) in [6.45, 7) is 0. The predicted molar refractivity (Wildman–Crippen MR) is 72.0 cm³/mol. The van der Waals surface area contributed by atoms with E-state index in [2.05, 4.69) is 15.9 Å². The van der Waals surface area contributed by atoms with Crippen LogP contribution < -0.4 is 0 Å². The Balaban J connectivity index is 2.07. The minimum Gasteiger partial charge on any atom is -0.393 e. The highest BCUT2D eigenvalue weighted by Gasteiger charge is 2.39. The summed E-state index contributed by atoms with van der Waals surface area (Å²) in [4.78, 5) is 0. The SMILES string of the molecule is COC1(CC(O)Cc2c(F)ccc(Br)c2F)CCC1. The number of hydrogen-bond acceptors (Lipinski definition) is 2. The quantitative estimate of drug-likeness (QED) is 0.834. The van der Waals surface area contributed by atoms with Crippen LogP contribution in [0.25, 0.3) is 0 Å². The largest absolute Gasteiger partial charge is 0.393 e. The molecule has 1 N–H and O–H groups in total. The summed E-state index contributed by atoms with van der Waals surface area (Å²) in [6.07, 6.45) is 2.42. The van der Waals surface area contributed by atoms with Gasteiger partial charge in [-0.05, 0) is 47.3 Å². The Hall–Kier alpha value is -0.520. The lowest BCUT2D eigenvalue weighted by Gasteiger charge is -2.41. The Kier molecular flexibility index (Phi) is 4.58. The van der Waals surface area contributed by atoms with E-state index in [1.165, 1.54) is 12.1 Å². The van der Waals surface area contributed by atoms with Crippen molar-refractivity contribution in [2.45, 2.75) is 43.8 Å². The molecule has 1 saturated carbocycles. The van der Waals surface area contributed by atoms with Crippen LogP contribution in [0.15, 0.2) is 16.6 Å². The second-order valence-corrected chi connectivity index (χ2v) is 5.98. The van der Waals surface area contributed by atoms with E-state index < -0.39 is 17.7 Å². The minimum absolute atomic E-state index is 0.0395. The molecular weight excluding hydrogens is 318 g/mol. The summed E-state index contributed by atoms with van der Waals surface area (Å²) < 4.78 is 33.0. The van der Waals surface area contributed by atoms with Gasteiger partial charge in [0, 0.05) is 25.5 Å². The second kappa shape index (κ2) is 5.85. The van der Waals surface area contributed by atoms with Crippen molar-refractivity contribution in [3.63, 3.8) is 0 Å². The smallest absolute Gasteiger partial charge is 0.143 e. The van der Waals surface area contributed by atoms with E-state index in [0.29, 0.717) is 6.42 Å². The summed E-state index contributed by atoms with van der Waals surface area (Å²) in [5, 5.41) is 10.0. The molecule has 1 aliphatic carbocycles. The van der Waals surface area contributed by atoms with Crippen LogP contribution in [0.2, 0.25) is 0 Å². The van der Waals surface area contributed by atoms with Crippen LogP contribution in [0, 0.1) is 11.6 Å². The van der Waals surface area contributed by atoms with Crippen molar-refractivity contribution in [3.05, 3.63) is 33.8 Å². The van der Waals surface area contributed by atoms with Gasteiger partial charge in [0.2, 0.25) is 0 Å². The van der Waals surface area contributed by atoms with Crippen molar-refractivity contribution in [1.82, 2.24) is 0 Å². The van der Waals surface area contributed by atoms with Gasteiger partial charge in [-0.1, -0.05) is 0 Å². The third kappa shape index (κ3) is 3.15. The molecule has 0 heterocycles. The fourth-order valence-corrected chi connectivity index (χ4v) is 2.93. The molecule has 0 aliphatic heterocycles. The average molecular weight is 335 g/mol. The molecule has 5 heteroatoms. The van der Waals surface area contributed by atoms with E-state index in [1.807, 2.05) is 0 Å². The number of aliphatic hydroxyl groups is 1. The lowest BCUT2D eigenvalue weighted by atomic mass is 9.75. The van der Waals surface area contributed by atoms with Gasteiger partial charge in [-0.3, -0.25) is 0 Å². The highest BCUT2D eigenvalue weighted by Crippen LogP contribution is 2.39. The lowest BCUT2D eigenvalue weighted by molar-refractivity contribution is -0.0990. The molecule has 0 amide bonds. The molecule has 0 bridgehead atoms. The van der Waals surface area contributed by atoms with E-state index in [0.717, 1.165) is 19.3 Å². The van der Waals surface area contributed by atoms with Crippen LogP contribution in [-0.4, -0.2) is 23.9 Å². The summed E-state index contributed by atoms with van der Waals surface area (Å²) in [5.41, 5.74) is -0.384. The number of halogens is 3. The zero-order chi connectivity index (χ0) is 14.0. The van der Waals surface area contributed by atoms with Gasteiger partial charge in [-0.25, -0.2) is 8.78 Å². The minimum atomic E-state index is -0.807. The summed E-state index contributed by atoms with van der Waals surface area (Å²) >= 11 is 3.02. The first kappa shape index (κ1) is 14.9. The zero-order valence-corrected chi connectivity index (χ0v) is 12.3. The van der Waals surface area contributed by atoms with Crippen LogP contribution in [-0.2, 0) is 11.2 Å².